The molecule has 162 valence electrons. The van der Waals surface area contributed by atoms with Crippen molar-refractivity contribution in [1.29, 1.82) is 0 Å². The molecule has 0 spiro atoms. The molecule has 0 aromatic heterocycles. The summed E-state index contributed by atoms with van der Waals surface area (Å²) in [6.07, 6.45) is -2.08. The molecule has 3 nitrogen and oxygen atoms in total. The molecular weight excluding hydrogens is 379 g/mol. The van der Waals surface area contributed by atoms with Gasteiger partial charge in [-0.2, -0.15) is 0 Å². The number of carbonyl (C=O) groups is 1. The normalized spacial score (nSPS) is 12.1. The average Bonchev–Trinajstić information content (AvgIpc) is 2.76. The summed E-state index contributed by atoms with van der Waals surface area (Å²) in [7, 11) is 0.500. The molecule has 0 unspecified atom stereocenters. The zero-order valence-corrected chi connectivity index (χ0v) is 17.8. The monoisotopic (exact) mass is 411 g/mol. The van der Waals surface area contributed by atoms with Crippen LogP contribution in [0.2, 0.25) is 0 Å². The Labute approximate surface area is 172 Å². The van der Waals surface area contributed by atoms with Crippen molar-refractivity contribution in [2.45, 2.75) is 52.7 Å². The van der Waals surface area contributed by atoms with Gasteiger partial charge < -0.3 is 10.0 Å². The van der Waals surface area contributed by atoms with Crippen molar-refractivity contribution >= 4 is 5.91 Å². The summed E-state index contributed by atoms with van der Waals surface area (Å²) < 4.78 is 35.3. The Hall–Kier alpha value is -2.34. The molecule has 0 bridgehead atoms. The molecule has 0 heterocycles. The SMILES string of the molecule is CC.CCCN(Cc1ccccc1)C(=O)c1ccc([C@](C)(O)C(F)F)cc1.CF. The van der Waals surface area contributed by atoms with Gasteiger partial charge in [0.25, 0.3) is 12.3 Å². The van der Waals surface area contributed by atoms with Crippen molar-refractivity contribution in [2.24, 2.45) is 0 Å². The molecule has 29 heavy (non-hydrogen) atoms. The second kappa shape index (κ2) is 13.8. The van der Waals surface area contributed by atoms with Gasteiger partial charge in [-0.25, -0.2) is 8.78 Å². The minimum Gasteiger partial charge on any atom is -0.379 e. The highest BCUT2D eigenvalue weighted by Crippen LogP contribution is 2.28. The second-order valence-electron chi connectivity index (χ2n) is 6.24. The van der Waals surface area contributed by atoms with Gasteiger partial charge in [-0.3, -0.25) is 9.18 Å². The summed E-state index contributed by atoms with van der Waals surface area (Å²) in [6, 6.07) is 15.4. The van der Waals surface area contributed by atoms with E-state index in [0.29, 0.717) is 25.8 Å². The number of hydrogen-bond acceptors (Lipinski definition) is 2. The summed E-state index contributed by atoms with van der Waals surface area (Å²) >= 11 is 0. The van der Waals surface area contributed by atoms with Crippen LogP contribution in [0.15, 0.2) is 54.6 Å². The fourth-order valence-corrected chi connectivity index (χ4v) is 2.58. The molecule has 0 radical (unpaired) electrons. The van der Waals surface area contributed by atoms with E-state index in [1.807, 2.05) is 51.1 Å². The molecule has 2 aromatic carbocycles. The lowest BCUT2D eigenvalue weighted by Gasteiger charge is -2.24. The second-order valence-corrected chi connectivity index (χ2v) is 6.24. The number of amides is 1. The third-order valence-electron chi connectivity index (χ3n) is 4.14. The first-order valence-electron chi connectivity index (χ1n) is 9.68. The Balaban J connectivity index is 0.00000184. The molecule has 0 fully saturated rings. The zero-order chi connectivity index (χ0) is 22.4. The van der Waals surface area contributed by atoms with Crippen LogP contribution in [0, 0.1) is 0 Å². The van der Waals surface area contributed by atoms with Crippen LogP contribution in [0.5, 0.6) is 0 Å². The zero-order valence-electron chi connectivity index (χ0n) is 17.8. The van der Waals surface area contributed by atoms with Gasteiger partial charge in [-0.05, 0) is 36.6 Å². The molecule has 1 N–H and O–H groups in total. The standard InChI is InChI=1S/C20H23F2NO2.C2H6.CH3F/c1-3-13-23(14-15-7-5-4-6-8-15)18(24)16-9-11-17(12-10-16)20(2,25)19(21)22;2*1-2/h4-12,19,25H,3,13-14H2,1-2H3;1-2H3;1H3/t20-;;/m0../s1. The number of hydrogen-bond donors (Lipinski definition) is 1. The topological polar surface area (TPSA) is 40.5 Å². The number of nitrogens with zero attached hydrogens (tertiary/aromatic N) is 1. The number of benzene rings is 2. The number of carbonyl (C=O) groups excluding carboxylic acids is 1. The average molecular weight is 412 g/mol. The van der Waals surface area contributed by atoms with Crippen LogP contribution in [0.25, 0.3) is 0 Å². The van der Waals surface area contributed by atoms with Crippen LogP contribution in [-0.4, -0.2) is 36.1 Å². The van der Waals surface area contributed by atoms with Gasteiger partial charge in [-0.15, -0.1) is 0 Å². The maximum atomic E-state index is 12.9. The first-order valence-corrected chi connectivity index (χ1v) is 9.68. The van der Waals surface area contributed by atoms with Gasteiger partial charge in [0.1, 0.15) is 5.60 Å². The molecule has 0 aliphatic heterocycles. The summed E-state index contributed by atoms with van der Waals surface area (Å²) in [5.74, 6) is -0.158. The Kier molecular flexibility index (Phi) is 12.7. The number of rotatable bonds is 7. The predicted octanol–water partition coefficient (Wildman–Crippen LogP) is 5.82. The van der Waals surface area contributed by atoms with E-state index in [2.05, 4.69) is 0 Å². The first kappa shape index (κ1) is 26.7. The lowest BCUT2D eigenvalue weighted by atomic mass is 9.95. The van der Waals surface area contributed by atoms with E-state index in [-0.39, 0.29) is 11.5 Å². The van der Waals surface area contributed by atoms with Crippen LogP contribution >= 0.6 is 0 Å². The van der Waals surface area contributed by atoms with E-state index in [1.165, 1.54) is 24.3 Å². The fraction of sp³-hybridized carbons (Fsp3) is 0.435. The van der Waals surface area contributed by atoms with E-state index >= 15 is 0 Å². The molecule has 0 saturated carbocycles. The molecule has 0 aliphatic rings. The van der Waals surface area contributed by atoms with Gasteiger partial charge in [0, 0.05) is 18.7 Å². The third kappa shape index (κ3) is 7.89. The highest BCUT2D eigenvalue weighted by atomic mass is 19.3. The number of alkyl halides is 3. The Morgan fingerprint density at radius 3 is 2.00 bits per heavy atom. The molecule has 1 amide bonds. The molecule has 6 heteroatoms. The molecular formula is C23H32F3NO2. The first-order chi connectivity index (χ1) is 13.9. The predicted molar refractivity (Wildman–Crippen MR) is 112 cm³/mol. The van der Waals surface area contributed by atoms with Crippen LogP contribution in [0.4, 0.5) is 13.2 Å². The minimum atomic E-state index is -2.90. The Morgan fingerprint density at radius 2 is 1.55 bits per heavy atom. The largest absolute Gasteiger partial charge is 0.379 e. The Morgan fingerprint density at radius 1 is 1.03 bits per heavy atom. The lowest BCUT2D eigenvalue weighted by molar-refractivity contribution is -0.0883. The maximum absolute atomic E-state index is 12.9. The van der Waals surface area contributed by atoms with Crippen LogP contribution in [0.3, 0.4) is 0 Å². The lowest BCUT2D eigenvalue weighted by Crippen LogP contribution is -2.32. The summed E-state index contributed by atoms with van der Waals surface area (Å²) in [5.41, 5.74) is -0.696. The summed E-state index contributed by atoms with van der Waals surface area (Å²) in [4.78, 5) is 14.5. The van der Waals surface area contributed by atoms with Gasteiger partial charge >= 0.3 is 0 Å². The summed E-state index contributed by atoms with van der Waals surface area (Å²) in [6.45, 7) is 8.15. The van der Waals surface area contributed by atoms with E-state index in [4.69, 9.17) is 0 Å². The van der Waals surface area contributed by atoms with Gasteiger partial charge in [0.2, 0.25) is 0 Å². The van der Waals surface area contributed by atoms with Gasteiger partial charge in [-0.1, -0.05) is 63.2 Å². The van der Waals surface area contributed by atoms with Crippen molar-refractivity contribution in [3.63, 3.8) is 0 Å². The minimum absolute atomic E-state index is 0.0872. The van der Waals surface area contributed by atoms with Crippen molar-refractivity contribution in [1.82, 2.24) is 4.90 Å². The molecule has 0 saturated heterocycles. The van der Waals surface area contributed by atoms with E-state index in [1.54, 1.807) is 4.90 Å². The van der Waals surface area contributed by atoms with Crippen molar-refractivity contribution in [3.8, 4) is 0 Å². The number of halogens is 3. The van der Waals surface area contributed by atoms with Crippen LogP contribution < -0.4 is 0 Å². The van der Waals surface area contributed by atoms with Crippen molar-refractivity contribution in [3.05, 3.63) is 71.3 Å². The van der Waals surface area contributed by atoms with Crippen LogP contribution in [-0.2, 0) is 12.1 Å². The quantitative estimate of drug-likeness (QED) is 0.623. The molecule has 1 atom stereocenters. The molecule has 2 rings (SSSR count). The van der Waals surface area contributed by atoms with Crippen molar-refractivity contribution in [2.75, 3.05) is 13.7 Å². The highest BCUT2D eigenvalue weighted by molar-refractivity contribution is 5.94. The van der Waals surface area contributed by atoms with Crippen molar-refractivity contribution < 1.29 is 23.1 Å². The summed E-state index contributed by atoms with van der Waals surface area (Å²) in [5, 5.41) is 9.84. The number of aliphatic hydroxyl groups is 1. The van der Waals surface area contributed by atoms with Crippen LogP contribution in [0.1, 0.15) is 55.6 Å². The third-order valence-corrected chi connectivity index (χ3v) is 4.14. The van der Waals surface area contributed by atoms with Gasteiger partial charge in [0.05, 0.1) is 7.18 Å². The Bertz CT molecular complexity index is 689. The molecule has 0 aliphatic carbocycles. The maximum Gasteiger partial charge on any atom is 0.270 e. The van der Waals surface area contributed by atoms with E-state index < -0.39 is 12.0 Å². The fourth-order valence-electron chi connectivity index (χ4n) is 2.58. The van der Waals surface area contributed by atoms with E-state index in [0.717, 1.165) is 18.9 Å². The highest BCUT2D eigenvalue weighted by Gasteiger charge is 2.34. The molecule has 2 aromatic rings. The smallest absolute Gasteiger partial charge is 0.270 e. The van der Waals surface area contributed by atoms with Gasteiger partial charge in [0.15, 0.2) is 0 Å². The van der Waals surface area contributed by atoms with E-state index in [9.17, 15) is 23.1 Å².